The molecule has 2 heterocycles. The maximum Gasteiger partial charge on any atom is 0.206 e. The zero-order valence-corrected chi connectivity index (χ0v) is 11.2. The molecule has 0 unspecified atom stereocenters. The van der Waals surface area contributed by atoms with Gasteiger partial charge in [-0.25, -0.2) is 4.98 Å². The zero-order chi connectivity index (χ0) is 12.5. The molecule has 7 heteroatoms. The van der Waals surface area contributed by atoms with Crippen LogP contribution >= 0.6 is 15.9 Å². The Balaban J connectivity index is 1.82. The van der Waals surface area contributed by atoms with Crippen LogP contribution in [0, 0.1) is 0 Å². The maximum absolute atomic E-state index is 9.47. The molecule has 0 bridgehead atoms. The topological polar surface area (TPSA) is 72.5 Å². The summed E-state index contributed by atoms with van der Waals surface area (Å²) < 4.78 is 8.29. The van der Waals surface area contributed by atoms with Crippen LogP contribution in [-0.2, 0) is 0 Å². The second-order valence-corrected chi connectivity index (χ2v) is 5.17. The van der Waals surface area contributed by atoms with Crippen LogP contribution in [0.4, 0.5) is 0 Å². The molecule has 6 nitrogen and oxygen atoms in total. The number of hydrogen-bond donors (Lipinski definition) is 1. The lowest BCUT2D eigenvalue weighted by molar-refractivity contribution is 0.0668. The smallest absolute Gasteiger partial charge is 0.206 e. The fourth-order valence-corrected chi connectivity index (χ4v) is 2.56. The summed E-state index contributed by atoms with van der Waals surface area (Å²) in [5.41, 5.74) is 0.656. The summed E-state index contributed by atoms with van der Waals surface area (Å²) in [6.45, 7) is 0. The molecule has 0 amide bonds. The van der Waals surface area contributed by atoms with E-state index in [1.165, 1.54) is 0 Å². The molecule has 0 spiro atoms. The van der Waals surface area contributed by atoms with Crippen molar-refractivity contribution in [3.8, 4) is 5.75 Å². The Morgan fingerprint density at radius 3 is 2.89 bits per heavy atom. The predicted molar refractivity (Wildman–Crippen MR) is 67.4 cm³/mol. The van der Waals surface area contributed by atoms with Gasteiger partial charge in [0.2, 0.25) is 5.65 Å². The first kappa shape index (κ1) is 11.9. The third kappa shape index (κ3) is 2.20. The molecule has 1 saturated carbocycles. The molecule has 1 aliphatic rings. The largest absolute Gasteiger partial charge is 0.485 e. The van der Waals surface area contributed by atoms with Crippen LogP contribution in [0.1, 0.15) is 25.7 Å². The predicted octanol–water partition coefficient (Wildman–Crippen LogP) is 1.57. The van der Waals surface area contributed by atoms with Crippen LogP contribution in [-0.4, -0.2) is 36.9 Å². The number of hydrogen-bond acceptors (Lipinski definition) is 5. The molecule has 1 fully saturated rings. The van der Waals surface area contributed by atoms with E-state index in [1.807, 2.05) is 0 Å². The molecule has 96 valence electrons. The van der Waals surface area contributed by atoms with Crippen LogP contribution in [0.3, 0.4) is 0 Å². The fraction of sp³-hybridized carbons (Fsp3) is 0.545. The highest BCUT2D eigenvalue weighted by atomic mass is 79.9. The molecule has 0 radical (unpaired) electrons. The molecule has 0 saturated heterocycles. The second kappa shape index (κ2) is 4.81. The van der Waals surface area contributed by atoms with Gasteiger partial charge in [-0.15, -0.1) is 10.2 Å². The highest BCUT2D eigenvalue weighted by Crippen LogP contribution is 2.26. The summed E-state index contributed by atoms with van der Waals surface area (Å²) in [5, 5.41) is 17.3. The summed E-state index contributed by atoms with van der Waals surface area (Å²) in [6, 6.07) is 0. The highest BCUT2D eigenvalue weighted by Gasteiger charge is 2.22. The lowest BCUT2D eigenvalue weighted by Gasteiger charge is -2.26. The Kier molecular flexibility index (Phi) is 3.17. The fourth-order valence-electron chi connectivity index (χ4n) is 2.20. The van der Waals surface area contributed by atoms with Gasteiger partial charge in [0.25, 0.3) is 0 Å². The Morgan fingerprint density at radius 1 is 1.33 bits per heavy atom. The Labute approximate surface area is 112 Å². The number of aliphatic hydroxyl groups is 1. The molecule has 2 aromatic heterocycles. The Morgan fingerprint density at radius 2 is 2.11 bits per heavy atom. The first-order valence-electron chi connectivity index (χ1n) is 5.93. The van der Waals surface area contributed by atoms with E-state index >= 15 is 0 Å². The van der Waals surface area contributed by atoms with Crippen molar-refractivity contribution in [2.75, 3.05) is 0 Å². The monoisotopic (exact) mass is 312 g/mol. The Bertz CT molecular complexity index is 551. The number of nitrogens with zero attached hydrogens (tertiary/aromatic N) is 4. The maximum atomic E-state index is 9.47. The average molecular weight is 313 g/mol. The summed E-state index contributed by atoms with van der Waals surface area (Å²) in [6.07, 6.45) is 6.48. The summed E-state index contributed by atoms with van der Waals surface area (Å²) in [5.74, 6) is 0.636. The van der Waals surface area contributed by atoms with Crippen LogP contribution in [0.5, 0.6) is 5.75 Å². The van der Waals surface area contributed by atoms with Crippen molar-refractivity contribution >= 4 is 21.6 Å². The Hall–Kier alpha value is -1.21. The molecule has 1 N–H and O–H groups in total. The summed E-state index contributed by atoms with van der Waals surface area (Å²) in [7, 11) is 0. The van der Waals surface area contributed by atoms with Crippen LogP contribution in [0.2, 0.25) is 0 Å². The van der Waals surface area contributed by atoms with Gasteiger partial charge in [0.15, 0.2) is 10.5 Å². The van der Waals surface area contributed by atoms with Crippen LogP contribution in [0.25, 0.3) is 5.65 Å². The average Bonchev–Trinajstić information content (AvgIpc) is 2.86. The van der Waals surface area contributed by atoms with Gasteiger partial charge < -0.3 is 9.84 Å². The zero-order valence-electron chi connectivity index (χ0n) is 9.66. The van der Waals surface area contributed by atoms with E-state index in [9.17, 15) is 5.11 Å². The molecule has 18 heavy (non-hydrogen) atoms. The molecule has 2 aromatic rings. The third-order valence-corrected chi connectivity index (χ3v) is 3.78. The summed E-state index contributed by atoms with van der Waals surface area (Å²) in [4.78, 5) is 4.19. The van der Waals surface area contributed by atoms with Gasteiger partial charge >= 0.3 is 0 Å². The molecule has 1 aliphatic carbocycles. The standard InChI is InChI=1S/C11H13BrN4O2/c12-11-13-5-9(10-15-14-6-16(10)11)18-8-3-1-7(17)2-4-8/h5-8,17H,1-4H2. The minimum Gasteiger partial charge on any atom is -0.485 e. The second-order valence-electron chi connectivity index (χ2n) is 4.46. The normalized spacial score (nSPS) is 24.3. The number of ether oxygens (including phenoxy) is 1. The van der Waals surface area contributed by atoms with Crippen molar-refractivity contribution in [3.63, 3.8) is 0 Å². The number of aliphatic hydroxyl groups excluding tert-OH is 1. The van der Waals surface area contributed by atoms with E-state index in [0.29, 0.717) is 16.1 Å². The van der Waals surface area contributed by atoms with E-state index in [2.05, 4.69) is 31.1 Å². The number of fused-ring (bicyclic) bond motifs is 1. The van der Waals surface area contributed by atoms with Crippen LogP contribution in [0.15, 0.2) is 17.3 Å². The van der Waals surface area contributed by atoms with Crippen LogP contribution < -0.4 is 4.74 Å². The molecule has 0 aliphatic heterocycles. The van der Waals surface area contributed by atoms with Gasteiger partial charge in [0.05, 0.1) is 18.4 Å². The minimum atomic E-state index is -0.180. The SMILES string of the molecule is OC1CCC(Oc2cnc(Br)n3cnnc23)CC1. The first-order valence-corrected chi connectivity index (χ1v) is 6.72. The summed E-state index contributed by atoms with van der Waals surface area (Å²) >= 11 is 3.33. The first-order chi connectivity index (χ1) is 8.74. The lowest BCUT2D eigenvalue weighted by atomic mass is 9.95. The van der Waals surface area contributed by atoms with E-state index in [4.69, 9.17) is 4.74 Å². The van der Waals surface area contributed by atoms with Gasteiger partial charge in [0.1, 0.15) is 6.33 Å². The van der Waals surface area contributed by atoms with E-state index in [0.717, 1.165) is 25.7 Å². The third-order valence-electron chi connectivity index (χ3n) is 3.19. The van der Waals surface area contributed by atoms with Gasteiger partial charge in [0, 0.05) is 0 Å². The molecule has 0 atom stereocenters. The van der Waals surface area contributed by atoms with Gasteiger partial charge in [-0.2, -0.15) is 0 Å². The highest BCUT2D eigenvalue weighted by molar-refractivity contribution is 9.10. The van der Waals surface area contributed by atoms with E-state index < -0.39 is 0 Å². The van der Waals surface area contributed by atoms with Gasteiger partial charge in [-0.1, -0.05) is 0 Å². The molecule has 3 rings (SSSR count). The van der Waals surface area contributed by atoms with Crippen molar-refractivity contribution in [2.24, 2.45) is 0 Å². The van der Waals surface area contributed by atoms with Crippen molar-refractivity contribution in [1.29, 1.82) is 0 Å². The van der Waals surface area contributed by atoms with Crippen molar-refractivity contribution < 1.29 is 9.84 Å². The molecular weight excluding hydrogens is 300 g/mol. The van der Waals surface area contributed by atoms with Crippen molar-refractivity contribution in [1.82, 2.24) is 19.6 Å². The van der Waals surface area contributed by atoms with Gasteiger partial charge in [-0.3, -0.25) is 4.40 Å². The van der Waals surface area contributed by atoms with Crippen molar-refractivity contribution in [2.45, 2.75) is 37.9 Å². The number of halogens is 1. The lowest BCUT2D eigenvalue weighted by Crippen LogP contribution is -2.26. The van der Waals surface area contributed by atoms with Gasteiger partial charge in [-0.05, 0) is 41.6 Å². The van der Waals surface area contributed by atoms with E-state index in [1.54, 1.807) is 16.9 Å². The molecular formula is C11H13BrN4O2. The molecule has 0 aromatic carbocycles. The van der Waals surface area contributed by atoms with Crippen molar-refractivity contribution in [3.05, 3.63) is 17.3 Å². The minimum absolute atomic E-state index is 0.122. The number of rotatable bonds is 2. The number of aromatic nitrogens is 4. The van der Waals surface area contributed by atoms with E-state index in [-0.39, 0.29) is 12.2 Å². The quantitative estimate of drug-likeness (QED) is 0.852.